The second-order valence-electron chi connectivity index (χ2n) is 5.91. The van der Waals surface area contributed by atoms with Crippen molar-refractivity contribution in [3.8, 4) is 6.07 Å². The van der Waals surface area contributed by atoms with Crippen molar-refractivity contribution in [1.82, 2.24) is 0 Å². The van der Waals surface area contributed by atoms with E-state index in [0.29, 0.717) is 11.3 Å². The van der Waals surface area contributed by atoms with E-state index >= 15 is 0 Å². The molecule has 2 aromatic rings. The number of carbonyl (C=O) groups is 1. The van der Waals surface area contributed by atoms with Gasteiger partial charge in [-0.1, -0.05) is 35.9 Å². The largest absolute Gasteiger partial charge is 0.387 e. The lowest BCUT2D eigenvalue weighted by Gasteiger charge is -2.40. The summed E-state index contributed by atoms with van der Waals surface area (Å²) in [7, 11) is 0. The predicted molar refractivity (Wildman–Crippen MR) is 90.7 cm³/mol. The summed E-state index contributed by atoms with van der Waals surface area (Å²) >= 11 is 0. The average Bonchev–Trinajstić information content (AvgIpc) is 2.63. The smallest absolute Gasteiger partial charge is 0.295 e. The van der Waals surface area contributed by atoms with Gasteiger partial charge in [0, 0.05) is 11.1 Å². The number of fused-ring (bicyclic) bond motifs is 1. The Bertz CT molecular complexity index is 890. The molecule has 0 saturated carbocycles. The summed E-state index contributed by atoms with van der Waals surface area (Å²) in [6.45, 7) is 1.88. The Kier molecular flexibility index (Phi) is 4.56. The molecular weight excluding hydrogens is 338 g/mol. The minimum Gasteiger partial charge on any atom is -0.387 e. The van der Waals surface area contributed by atoms with Crippen LogP contribution in [0.3, 0.4) is 0 Å². The summed E-state index contributed by atoms with van der Waals surface area (Å²) in [5.74, 6) is -0.484. The monoisotopic (exact) mass is 353 g/mol. The summed E-state index contributed by atoms with van der Waals surface area (Å²) in [6, 6.07) is 13.7. The van der Waals surface area contributed by atoms with Crippen molar-refractivity contribution in [3.05, 3.63) is 75.3 Å². The number of nitrogens with zero attached hydrogens (tertiary/aromatic N) is 3. The van der Waals surface area contributed by atoms with Crippen molar-refractivity contribution < 1.29 is 19.8 Å². The average molecular weight is 353 g/mol. The minimum absolute atomic E-state index is 0.267. The lowest BCUT2D eigenvalue weighted by molar-refractivity contribution is -0.773. The summed E-state index contributed by atoms with van der Waals surface area (Å²) in [5, 5.41) is 29.8. The number of carbonyl (C=O) groups excluding carboxylic acids is 1. The van der Waals surface area contributed by atoms with E-state index in [2.05, 4.69) is 4.84 Å². The van der Waals surface area contributed by atoms with Crippen LogP contribution in [0, 0.1) is 28.4 Å². The van der Waals surface area contributed by atoms with Crippen LogP contribution in [-0.2, 0) is 4.84 Å². The van der Waals surface area contributed by atoms with Gasteiger partial charge >= 0.3 is 0 Å². The van der Waals surface area contributed by atoms with Gasteiger partial charge in [-0.3, -0.25) is 9.69 Å². The van der Waals surface area contributed by atoms with Gasteiger partial charge in [0.25, 0.3) is 11.0 Å². The first kappa shape index (κ1) is 17.4. The van der Waals surface area contributed by atoms with Crippen LogP contribution in [0.2, 0.25) is 0 Å². The van der Waals surface area contributed by atoms with Crippen LogP contribution in [0.5, 0.6) is 0 Å². The van der Waals surface area contributed by atoms with E-state index in [1.807, 2.05) is 13.0 Å². The Morgan fingerprint density at radius 3 is 2.54 bits per heavy atom. The van der Waals surface area contributed by atoms with E-state index in [-0.39, 0.29) is 5.56 Å². The van der Waals surface area contributed by atoms with Crippen LogP contribution in [0.15, 0.2) is 48.5 Å². The number of hydrogen-bond acceptors (Lipinski definition) is 6. The topological polar surface area (TPSA) is 117 Å². The second-order valence-corrected chi connectivity index (χ2v) is 5.91. The zero-order valence-corrected chi connectivity index (χ0v) is 13.8. The highest BCUT2D eigenvalue weighted by atomic mass is 17.0. The van der Waals surface area contributed by atoms with Crippen LogP contribution in [0.4, 0.5) is 5.69 Å². The summed E-state index contributed by atoms with van der Waals surface area (Å²) in [4.78, 5) is 29.6. The first-order valence-electron chi connectivity index (χ1n) is 7.82. The van der Waals surface area contributed by atoms with Crippen LogP contribution >= 0.6 is 0 Å². The molecule has 8 nitrogen and oxygen atoms in total. The maximum Gasteiger partial charge on any atom is 0.295 e. The van der Waals surface area contributed by atoms with Gasteiger partial charge in [-0.15, -0.1) is 10.1 Å². The first-order valence-corrected chi connectivity index (χ1v) is 7.82. The molecule has 0 unspecified atom stereocenters. The molecule has 1 aliphatic heterocycles. The van der Waals surface area contributed by atoms with Crippen molar-refractivity contribution >= 4 is 11.6 Å². The molecule has 1 N–H and O–H groups in total. The maximum absolute atomic E-state index is 13.0. The van der Waals surface area contributed by atoms with Crippen LogP contribution in [-0.4, -0.2) is 28.2 Å². The predicted octanol–water partition coefficient (Wildman–Crippen LogP) is 2.16. The van der Waals surface area contributed by atoms with Gasteiger partial charge in [-0.05, 0) is 25.1 Å². The summed E-state index contributed by atoms with van der Waals surface area (Å²) in [5.41, 5.74) is 1.87. The Morgan fingerprint density at radius 1 is 1.27 bits per heavy atom. The Balaban J connectivity index is 2.11. The van der Waals surface area contributed by atoms with Gasteiger partial charge in [-0.2, -0.15) is 5.26 Å². The molecule has 3 atom stereocenters. The molecular formula is C18H15N3O5. The van der Waals surface area contributed by atoms with Gasteiger partial charge in [-0.25, -0.2) is 0 Å². The number of para-hydroxylation sites is 1. The number of aliphatic hydroxyl groups excluding tert-OH is 1. The fraction of sp³-hybridized carbons (Fsp3) is 0.222. The van der Waals surface area contributed by atoms with E-state index in [0.717, 1.165) is 10.5 Å². The third-order valence-corrected chi connectivity index (χ3v) is 4.26. The van der Waals surface area contributed by atoms with Gasteiger partial charge in [0.2, 0.25) is 0 Å². The van der Waals surface area contributed by atoms with E-state index in [9.17, 15) is 25.3 Å². The zero-order chi connectivity index (χ0) is 18.8. The van der Waals surface area contributed by atoms with Crippen LogP contribution in [0.1, 0.15) is 27.6 Å². The molecule has 0 saturated heterocycles. The third kappa shape index (κ3) is 2.96. The van der Waals surface area contributed by atoms with Crippen LogP contribution < -0.4 is 4.90 Å². The highest BCUT2D eigenvalue weighted by Crippen LogP contribution is 2.40. The number of benzene rings is 2. The highest BCUT2D eigenvalue weighted by molar-refractivity contribution is 6.07. The number of nitriles is 1. The minimum atomic E-state index is -1.57. The van der Waals surface area contributed by atoms with Crippen molar-refractivity contribution in [3.63, 3.8) is 0 Å². The normalized spacial score (nSPS) is 21.4. The van der Waals surface area contributed by atoms with Gasteiger partial charge in [0.05, 0.1) is 11.8 Å². The maximum atomic E-state index is 13.0. The zero-order valence-electron chi connectivity index (χ0n) is 13.8. The quantitative estimate of drug-likeness (QED) is 0.667. The standard InChI is InChI=1S/C18H15N3O5/c1-11-6-8-12(9-7-11)18(23)20-14-5-3-2-4-13(14)17(26-21(24)25)16(22)15(20)10-19/h2-9,15-17,22H,1H3/t15-,16-,17+/m0/s1. The molecule has 0 aliphatic carbocycles. The molecule has 2 aromatic carbocycles. The lowest BCUT2D eigenvalue weighted by Crippen LogP contribution is -2.53. The molecule has 0 radical (unpaired) electrons. The Hall–Kier alpha value is -3.44. The summed E-state index contributed by atoms with van der Waals surface area (Å²) in [6.07, 6.45) is -2.93. The number of rotatable bonds is 3. The molecule has 0 fully saturated rings. The van der Waals surface area contributed by atoms with Crippen LogP contribution in [0.25, 0.3) is 0 Å². The number of aliphatic hydroxyl groups is 1. The van der Waals surface area contributed by atoms with E-state index in [1.54, 1.807) is 42.5 Å². The fourth-order valence-corrected chi connectivity index (χ4v) is 3.02. The number of amides is 1. The lowest BCUT2D eigenvalue weighted by atomic mass is 9.90. The molecule has 3 rings (SSSR count). The van der Waals surface area contributed by atoms with Crippen molar-refractivity contribution in [2.75, 3.05) is 4.90 Å². The van der Waals surface area contributed by atoms with Gasteiger partial charge in [0.1, 0.15) is 6.10 Å². The van der Waals surface area contributed by atoms with E-state index < -0.39 is 29.2 Å². The molecule has 1 heterocycles. The molecule has 26 heavy (non-hydrogen) atoms. The second kappa shape index (κ2) is 6.82. The highest BCUT2D eigenvalue weighted by Gasteiger charge is 2.45. The molecule has 0 spiro atoms. The molecule has 132 valence electrons. The fourth-order valence-electron chi connectivity index (χ4n) is 3.02. The number of anilines is 1. The Labute approximate surface area is 149 Å². The van der Waals surface area contributed by atoms with Crippen molar-refractivity contribution in [1.29, 1.82) is 5.26 Å². The SMILES string of the molecule is Cc1ccc(C(=O)N2c3ccccc3[C@@H](O[N+](=O)[O-])[C@@H](O)[C@@H]2C#N)cc1. The third-order valence-electron chi connectivity index (χ3n) is 4.26. The molecule has 1 aliphatic rings. The number of aryl methyl sites for hydroxylation is 1. The van der Waals surface area contributed by atoms with Gasteiger partial charge in [0.15, 0.2) is 12.1 Å². The van der Waals surface area contributed by atoms with Crippen molar-refractivity contribution in [2.24, 2.45) is 0 Å². The van der Waals surface area contributed by atoms with Gasteiger partial charge < -0.3 is 9.94 Å². The molecule has 0 bridgehead atoms. The molecule has 0 aromatic heterocycles. The van der Waals surface area contributed by atoms with E-state index in [4.69, 9.17) is 0 Å². The Morgan fingerprint density at radius 2 is 1.92 bits per heavy atom. The van der Waals surface area contributed by atoms with E-state index in [1.165, 1.54) is 6.07 Å². The molecule has 1 amide bonds. The number of hydrogen-bond donors (Lipinski definition) is 1. The van der Waals surface area contributed by atoms with Crippen molar-refractivity contribution in [2.45, 2.75) is 25.2 Å². The molecule has 8 heteroatoms. The first-order chi connectivity index (χ1) is 12.4. The summed E-state index contributed by atoms with van der Waals surface area (Å²) < 4.78 is 0.